The Balaban J connectivity index is 1.83. The van der Waals surface area contributed by atoms with Crippen LogP contribution < -0.4 is 10.9 Å². The molecule has 1 aromatic carbocycles. The van der Waals surface area contributed by atoms with Gasteiger partial charge in [0, 0.05) is 36.1 Å². The van der Waals surface area contributed by atoms with E-state index in [4.69, 9.17) is 9.47 Å². The number of alkyl carbamates (subject to hydrolysis) is 1. The highest BCUT2D eigenvalue weighted by molar-refractivity contribution is 7.89. The van der Waals surface area contributed by atoms with E-state index in [9.17, 15) is 32.9 Å². The fraction of sp³-hybridized carbons (Fsp3) is 0.560. The maximum Gasteiger partial charge on any atom is 0.407 e. The zero-order chi connectivity index (χ0) is 30.0. The van der Waals surface area contributed by atoms with Gasteiger partial charge in [0.1, 0.15) is 12.2 Å². The van der Waals surface area contributed by atoms with Crippen molar-refractivity contribution in [3.63, 3.8) is 0 Å². The van der Waals surface area contributed by atoms with Crippen LogP contribution in [-0.2, 0) is 35.9 Å². The molecule has 0 radical (unpaired) electrons. The number of fused-ring (bicyclic) bond motifs is 1. The second-order valence-electron chi connectivity index (χ2n) is 11.2. The lowest BCUT2D eigenvalue weighted by Crippen LogP contribution is -2.41. The molecule has 0 aliphatic carbocycles. The predicted molar refractivity (Wildman–Crippen MR) is 142 cm³/mol. The number of nitrogens with one attached hydrogen (secondary N) is 1. The number of aryl methyl sites for hydroxylation is 1. The molecule has 0 bridgehead atoms. The minimum atomic E-state index is -4.04. The van der Waals surface area contributed by atoms with E-state index in [1.165, 1.54) is 42.5 Å². The van der Waals surface area contributed by atoms with Gasteiger partial charge in [-0.05, 0) is 65.7 Å². The summed E-state index contributed by atoms with van der Waals surface area (Å²) in [7, 11) is -4.04. The molecule has 1 atom stereocenters. The number of carbonyl (C=O) groups excluding carboxylic acids is 2. The average Bonchev–Trinajstić information content (AvgIpc) is 3.31. The van der Waals surface area contributed by atoms with Crippen LogP contribution in [0.2, 0.25) is 0 Å². The van der Waals surface area contributed by atoms with Gasteiger partial charge < -0.3 is 19.6 Å². The molecule has 220 valence electrons. The molecule has 1 aliphatic heterocycles. The van der Waals surface area contributed by atoms with Gasteiger partial charge >= 0.3 is 12.1 Å². The Morgan fingerprint density at radius 3 is 2.50 bits per heavy atom. The zero-order valence-corrected chi connectivity index (χ0v) is 24.1. The van der Waals surface area contributed by atoms with E-state index >= 15 is 0 Å². The van der Waals surface area contributed by atoms with Gasteiger partial charge in [0.15, 0.2) is 6.73 Å². The Morgan fingerprint density at radius 1 is 1.20 bits per heavy atom. The average molecular weight is 583 g/mol. The summed E-state index contributed by atoms with van der Waals surface area (Å²) in [6.07, 6.45) is 1.14. The minimum Gasteiger partial charge on any atom is -0.444 e. The number of hydrogen-bond acceptors (Lipinski definition) is 10. The number of esters is 1. The van der Waals surface area contributed by atoms with E-state index in [2.05, 4.69) is 10.2 Å². The van der Waals surface area contributed by atoms with E-state index in [-0.39, 0.29) is 28.8 Å². The van der Waals surface area contributed by atoms with Crippen LogP contribution in [0.4, 0.5) is 4.79 Å². The normalized spacial score (nSPS) is 16.5. The predicted octanol–water partition coefficient (Wildman–Crippen LogP) is 2.33. The van der Waals surface area contributed by atoms with Crippen molar-refractivity contribution < 1.29 is 37.4 Å². The van der Waals surface area contributed by atoms with Crippen molar-refractivity contribution in [1.82, 2.24) is 14.2 Å². The van der Waals surface area contributed by atoms with Gasteiger partial charge in [0.25, 0.3) is 10.6 Å². The fourth-order valence-corrected chi connectivity index (χ4v) is 5.99. The number of nitrogens with zero attached hydrogens (tertiary/aromatic N) is 3. The molecule has 1 N–H and O–H groups in total. The summed E-state index contributed by atoms with van der Waals surface area (Å²) in [5, 5.41) is 12.5. The maximum atomic E-state index is 13.6. The number of benzene rings is 1. The molecule has 2 aromatic rings. The molecule has 0 saturated carbocycles. The molecule has 40 heavy (non-hydrogen) atoms. The largest absolute Gasteiger partial charge is 0.444 e. The first kappa shape index (κ1) is 30.8. The smallest absolute Gasteiger partial charge is 0.407 e. The first-order valence-corrected chi connectivity index (χ1v) is 13.9. The molecule has 3 rings (SSSR count). The van der Waals surface area contributed by atoms with E-state index in [1.54, 1.807) is 27.7 Å². The second-order valence-corrected chi connectivity index (χ2v) is 13.1. The van der Waals surface area contributed by atoms with Crippen LogP contribution in [0, 0.1) is 22.5 Å². The van der Waals surface area contributed by atoms with Crippen LogP contribution in [0.1, 0.15) is 46.6 Å². The molecule has 14 nitrogen and oxygen atoms in total. The van der Waals surface area contributed by atoms with Gasteiger partial charge in [-0.25, -0.2) is 13.2 Å². The first-order valence-electron chi connectivity index (χ1n) is 12.5. The molecule has 2 heterocycles. The fourth-order valence-electron chi connectivity index (χ4n) is 4.21. The highest BCUT2D eigenvalue weighted by atomic mass is 32.2. The maximum absolute atomic E-state index is 13.6. The van der Waals surface area contributed by atoms with Crippen molar-refractivity contribution in [3.8, 4) is 0 Å². The number of pyridine rings is 1. The van der Waals surface area contributed by atoms with Crippen LogP contribution in [0.3, 0.4) is 0 Å². The lowest BCUT2D eigenvalue weighted by atomic mass is 9.95. The third-order valence-corrected chi connectivity index (χ3v) is 8.08. The minimum absolute atomic E-state index is 0.0416. The van der Waals surface area contributed by atoms with Gasteiger partial charge in [-0.2, -0.15) is 4.31 Å². The van der Waals surface area contributed by atoms with Gasteiger partial charge in [-0.3, -0.25) is 14.2 Å². The summed E-state index contributed by atoms with van der Waals surface area (Å²) in [4.78, 5) is 52.5. The number of aromatic nitrogens is 1. The summed E-state index contributed by atoms with van der Waals surface area (Å²) < 4.78 is 40.1. The molecule has 1 amide bonds. The van der Waals surface area contributed by atoms with Crippen LogP contribution in [0.15, 0.2) is 34.1 Å². The van der Waals surface area contributed by atoms with Crippen molar-refractivity contribution in [2.24, 2.45) is 5.41 Å². The van der Waals surface area contributed by atoms with E-state index in [1.807, 2.05) is 0 Å². The lowest BCUT2D eigenvalue weighted by Gasteiger charge is -2.22. The highest BCUT2D eigenvalue weighted by Gasteiger charge is 2.35. The molecule has 0 spiro atoms. The molecule has 1 saturated heterocycles. The highest BCUT2D eigenvalue weighted by Crippen LogP contribution is 2.29. The SMILES string of the molecule is Cc1cn(COC(=O)C(C)(C)CO[N+](=O)[O-])c(=O)c2cccc(S(=O)(=O)N3CC[C@H](NC(=O)OC(C)(C)C)C3)c12. The number of rotatable bonds is 9. The molecule has 1 fully saturated rings. The zero-order valence-electron chi connectivity index (χ0n) is 23.3. The topological polar surface area (TPSA) is 176 Å². The van der Waals surface area contributed by atoms with Gasteiger partial charge in [0.05, 0.1) is 10.3 Å². The third kappa shape index (κ3) is 7.07. The quantitative estimate of drug-likeness (QED) is 0.262. The second kappa shape index (κ2) is 11.4. The summed E-state index contributed by atoms with van der Waals surface area (Å²) in [6.45, 7) is 8.81. The Labute approximate surface area is 231 Å². The number of sulfonamides is 1. The third-order valence-electron chi connectivity index (χ3n) is 6.17. The van der Waals surface area contributed by atoms with Crippen LogP contribution in [-0.4, -0.2) is 65.8 Å². The summed E-state index contributed by atoms with van der Waals surface area (Å²) in [5.74, 6) is -0.820. The molecule has 15 heteroatoms. The lowest BCUT2D eigenvalue weighted by molar-refractivity contribution is -0.760. The molecule has 0 unspecified atom stereocenters. The number of ether oxygens (including phenoxy) is 2. The van der Waals surface area contributed by atoms with E-state index in [0.29, 0.717) is 12.0 Å². The molecular formula is C25H34N4O10S. The van der Waals surface area contributed by atoms with E-state index < -0.39 is 63.1 Å². The van der Waals surface area contributed by atoms with Crippen LogP contribution in [0.5, 0.6) is 0 Å². The summed E-state index contributed by atoms with van der Waals surface area (Å²) >= 11 is 0. The number of carbonyl (C=O) groups is 2. The van der Waals surface area contributed by atoms with Crippen LogP contribution >= 0.6 is 0 Å². The summed E-state index contributed by atoms with van der Waals surface area (Å²) in [6, 6.07) is 3.92. The first-order chi connectivity index (χ1) is 18.4. The molecule has 1 aliphatic rings. The Hall–Kier alpha value is -3.72. The van der Waals surface area contributed by atoms with Crippen molar-refractivity contribution >= 4 is 32.9 Å². The molecular weight excluding hydrogens is 548 g/mol. The Morgan fingerprint density at radius 2 is 1.88 bits per heavy atom. The number of amides is 1. The summed E-state index contributed by atoms with van der Waals surface area (Å²) in [5.41, 5.74) is -2.18. The van der Waals surface area contributed by atoms with E-state index in [0.717, 1.165) is 4.57 Å². The molecule has 1 aromatic heterocycles. The van der Waals surface area contributed by atoms with Crippen LogP contribution in [0.25, 0.3) is 10.8 Å². The van der Waals surface area contributed by atoms with Crippen molar-refractivity contribution in [3.05, 3.63) is 50.4 Å². The Kier molecular flexibility index (Phi) is 8.79. The van der Waals surface area contributed by atoms with Gasteiger partial charge in [-0.15, -0.1) is 10.1 Å². The van der Waals surface area contributed by atoms with Crippen molar-refractivity contribution in [2.75, 3.05) is 19.7 Å². The standard InChI is InChI=1S/C25H34N4O10S/c1-16-12-27(15-37-22(31)25(5,6)14-38-29(33)34)21(30)18-8-7-9-19(20(16)18)40(35,36)28-11-10-17(13-28)26-23(32)39-24(2,3)4/h7-9,12,17H,10-11,13-15H2,1-6H3,(H,26,32)/t17-/m0/s1. The Bertz CT molecular complexity index is 1480. The number of hydrogen-bond donors (Lipinski definition) is 1. The van der Waals surface area contributed by atoms with Crippen molar-refractivity contribution in [1.29, 1.82) is 0 Å². The van der Waals surface area contributed by atoms with Crippen molar-refractivity contribution in [2.45, 2.75) is 71.2 Å². The van der Waals surface area contributed by atoms with Gasteiger partial charge in [-0.1, -0.05) is 6.07 Å². The monoisotopic (exact) mass is 582 g/mol. The van der Waals surface area contributed by atoms with Gasteiger partial charge in [0.2, 0.25) is 10.0 Å².